The van der Waals surface area contributed by atoms with Crippen molar-refractivity contribution < 1.29 is 23.7 Å². The molecule has 5 nitrogen and oxygen atoms in total. The normalized spacial score (nSPS) is 9.78. The molecule has 0 spiro atoms. The average Bonchev–Trinajstić information content (AvgIpc) is 2.39. The fourth-order valence-corrected chi connectivity index (χ4v) is 1.44. The van der Waals surface area contributed by atoms with Crippen LogP contribution in [-0.2, 0) is 4.79 Å². The summed E-state index contributed by atoms with van der Waals surface area (Å²) in [6.45, 7) is 1.91. The minimum atomic E-state index is -0.320. The van der Waals surface area contributed by atoms with Gasteiger partial charge in [0.1, 0.15) is 5.75 Å². The molecule has 0 bridgehead atoms. The van der Waals surface area contributed by atoms with Gasteiger partial charge in [0.15, 0.2) is 11.5 Å². The Morgan fingerprint density at radius 1 is 1.06 bits per heavy atom. The Labute approximate surface area is 107 Å². The van der Waals surface area contributed by atoms with E-state index in [4.69, 9.17) is 18.9 Å². The van der Waals surface area contributed by atoms with Crippen molar-refractivity contribution >= 4 is 5.97 Å². The Kier molecular flexibility index (Phi) is 5.30. The molecule has 0 heterocycles. The second kappa shape index (κ2) is 6.74. The largest absolute Gasteiger partial charge is 0.496 e. The van der Waals surface area contributed by atoms with Gasteiger partial charge in [0.25, 0.3) is 0 Å². The minimum Gasteiger partial charge on any atom is -0.496 e. The van der Waals surface area contributed by atoms with Gasteiger partial charge >= 0.3 is 5.97 Å². The molecule has 0 N–H and O–H groups in total. The predicted octanol–water partition coefficient (Wildman–Crippen LogP) is 2.42. The van der Waals surface area contributed by atoms with E-state index in [0.29, 0.717) is 23.7 Å². The summed E-state index contributed by atoms with van der Waals surface area (Å²) in [5.41, 5.74) is 0. The summed E-state index contributed by atoms with van der Waals surface area (Å²) >= 11 is 0. The highest BCUT2D eigenvalue weighted by molar-refractivity contribution is 5.75. The van der Waals surface area contributed by atoms with Gasteiger partial charge in [-0.1, -0.05) is 6.92 Å². The van der Waals surface area contributed by atoms with Gasteiger partial charge < -0.3 is 18.9 Å². The van der Waals surface area contributed by atoms with Crippen molar-refractivity contribution in [2.45, 2.75) is 19.8 Å². The van der Waals surface area contributed by atoms with Gasteiger partial charge in [-0.3, -0.25) is 4.79 Å². The van der Waals surface area contributed by atoms with Crippen LogP contribution in [-0.4, -0.2) is 27.3 Å². The lowest BCUT2D eigenvalue weighted by molar-refractivity contribution is -0.134. The number of esters is 1. The van der Waals surface area contributed by atoms with Crippen molar-refractivity contribution in [1.29, 1.82) is 0 Å². The minimum absolute atomic E-state index is 0.277. The molecule has 0 saturated carbocycles. The first-order chi connectivity index (χ1) is 8.65. The molecular formula is C13H18O5. The molecule has 1 aromatic carbocycles. The SMILES string of the molecule is CCCC(=O)Oc1c(OC)cc(OC)cc1OC. The Morgan fingerprint density at radius 2 is 1.61 bits per heavy atom. The molecule has 1 rings (SSSR count). The summed E-state index contributed by atoms with van der Waals surface area (Å²) in [4.78, 5) is 11.5. The smallest absolute Gasteiger partial charge is 0.311 e. The van der Waals surface area contributed by atoms with E-state index in [1.165, 1.54) is 21.3 Å². The van der Waals surface area contributed by atoms with Crippen molar-refractivity contribution in [3.63, 3.8) is 0 Å². The molecule has 0 aliphatic carbocycles. The highest BCUT2D eigenvalue weighted by Gasteiger charge is 2.17. The summed E-state index contributed by atoms with van der Waals surface area (Å²) < 4.78 is 20.7. The Balaban J connectivity index is 3.10. The molecule has 0 fully saturated rings. The van der Waals surface area contributed by atoms with E-state index in [1.807, 2.05) is 6.92 Å². The van der Waals surface area contributed by atoms with Gasteiger partial charge in [0.2, 0.25) is 5.75 Å². The first kappa shape index (κ1) is 14.2. The van der Waals surface area contributed by atoms with Crippen molar-refractivity contribution in [3.8, 4) is 23.0 Å². The van der Waals surface area contributed by atoms with Crippen LogP contribution in [0.25, 0.3) is 0 Å². The zero-order valence-corrected chi connectivity index (χ0v) is 11.1. The molecular weight excluding hydrogens is 236 g/mol. The maximum Gasteiger partial charge on any atom is 0.311 e. The van der Waals surface area contributed by atoms with E-state index >= 15 is 0 Å². The van der Waals surface area contributed by atoms with Crippen LogP contribution in [0.15, 0.2) is 12.1 Å². The topological polar surface area (TPSA) is 54.0 Å². The Bertz CT molecular complexity index is 389. The lowest BCUT2D eigenvalue weighted by Crippen LogP contribution is -2.09. The van der Waals surface area contributed by atoms with Crippen molar-refractivity contribution in [1.82, 2.24) is 0 Å². The van der Waals surface area contributed by atoms with E-state index in [1.54, 1.807) is 12.1 Å². The van der Waals surface area contributed by atoms with Crippen LogP contribution in [0.5, 0.6) is 23.0 Å². The van der Waals surface area contributed by atoms with E-state index in [9.17, 15) is 4.79 Å². The third-order valence-corrected chi connectivity index (χ3v) is 2.34. The molecule has 5 heteroatoms. The van der Waals surface area contributed by atoms with Crippen molar-refractivity contribution in [2.24, 2.45) is 0 Å². The van der Waals surface area contributed by atoms with Crippen molar-refractivity contribution in [3.05, 3.63) is 12.1 Å². The lowest BCUT2D eigenvalue weighted by atomic mass is 10.2. The fraction of sp³-hybridized carbons (Fsp3) is 0.462. The van der Waals surface area contributed by atoms with Crippen LogP contribution in [0.3, 0.4) is 0 Å². The molecule has 1 aromatic rings. The molecule has 0 aliphatic rings. The average molecular weight is 254 g/mol. The molecule has 0 unspecified atom stereocenters. The number of methoxy groups -OCH3 is 3. The van der Waals surface area contributed by atoms with Gasteiger partial charge in [0, 0.05) is 18.6 Å². The third-order valence-electron chi connectivity index (χ3n) is 2.34. The van der Waals surface area contributed by atoms with Crippen molar-refractivity contribution in [2.75, 3.05) is 21.3 Å². The van der Waals surface area contributed by atoms with E-state index in [0.717, 1.165) is 6.42 Å². The maximum atomic E-state index is 11.5. The zero-order chi connectivity index (χ0) is 13.5. The molecule has 100 valence electrons. The second-order valence-electron chi connectivity index (χ2n) is 3.59. The summed E-state index contributed by atoms with van der Waals surface area (Å²) in [7, 11) is 4.52. The Hall–Kier alpha value is -1.91. The molecule has 0 amide bonds. The number of hydrogen-bond donors (Lipinski definition) is 0. The summed E-state index contributed by atoms with van der Waals surface area (Å²) in [6, 6.07) is 3.27. The summed E-state index contributed by atoms with van der Waals surface area (Å²) in [5.74, 6) is 1.32. The predicted molar refractivity (Wildman–Crippen MR) is 66.6 cm³/mol. The molecule has 0 saturated heterocycles. The second-order valence-corrected chi connectivity index (χ2v) is 3.59. The lowest BCUT2D eigenvalue weighted by Gasteiger charge is -2.14. The molecule has 0 atom stereocenters. The standard InChI is InChI=1S/C13H18O5/c1-5-6-12(14)18-13-10(16-3)7-9(15-2)8-11(13)17-4/h7-8H,5-6H2,1-4H3. The number of hydrogen-bond acceptors (Lipinski definition) is 5. The monoisotopic (exact) mass is 254 g/mol. The van der Waals surface area contributed by atoms with Gasteiger partial charge in [-0.05, 0) is 6.42 Å². The molecule has 0 aliphatic heterocycles. The number of rotatable bonds is 6. The Morgan fingerprint density at radius 3 is 2.00 bits per heavy atom. The van der Waals surface area contributed by atoms with E-state index < -0.39 is 0 Å². The van der Waals surface area contributed by atoms with Crippen LogP contribution < -0.4 is 18.9 Å². The van der Waals surface area contributed by atoms with Gasteiger partial charge in [-0.15, -0.1) is 0 Å². The van der Waals surface area contributed by atoms with Crippen LogP contribution in [0, 0.1) is 0 Å². The number of carbonyl (C=O) groups excluding carboxylic acids is 1. The highest BCUT2D eigenvalue weighted by Crippen LogP contribution is 2.41. The van der Waals surface area contributed by atoms with Gasteiger partial charge in [-0.2, -0.15) is 0 Å². The highest BCUT2D eigenvalue weighted by atomic mass is 16.6. The summed E-state index contributed by atoms with van der Waals surface area (Å²) in [5, 5.41) is 0. The van der Waals surface area contributed by atoms with E-state index in [-0.39, 0.29) is 11.7 Å². The van der Waals surface area contributed by atoms with Crippen LogP contribution in [0.2, 0.25) is 0 Å². The maximum absolute atomic E-state index is 11.5. The third kappa shape index (κ3) is 3.29. The fourth-order valence-electron chi connectivity index (χ4n) is 1.44. The molecule has 0 radical (unpaired) electrons. The first-order valence-electron chi connectivity index (χ1n) is 5.66. The van der Waals surface area contributed by atoms with Gasteiger partial charge in [-0.25, -0.2) is 0 Å². The number of carbonyl (C=O) groups is 1. The van der Waals surface area contributed by atoms with Crippen LogP contribution >= 0.6 is 0 Å². The molecule has 18 heavy (non-hydrogen) atoms. The van der Waals surface area contributed by atoms with Crippen LogP contribution in [0.1, 0.15) is 19.8 Å². The first-order valence-corrected chi connectivity index (χ1v) is 5.66. The number of benzene rings is 1. The van der Waals surface area contributed by atoms with E-state index in [2.05, 4.69) is 0 Å². The van der Waals surface area contributed by atoms with Gasteiger partial charge in [0.05, 0.1) is 21.3 Å². The van der Waals surface area contributed by atoms with Crippen LogP contribution in [0.4, 0.5) is 0 Å². The quantitative estimate of drug-likeness (QED) is 0.576. The zero-order valence-electron chi connectivity index (χ0n) is 11.1. The molecule has 0 aromatic heterocycles. The number of ether oxygens (including phenoxy) is 4. The summed E-state index contributed by atoms with van der Waals surface area (Å²) in [6.07, 6.45) is 1.07.